The SMILES string of the molecule is CC(C)C(C)(C)CNc1cccc(Br)c1C(N)=S. The second-order valence-electron chi connectivity index (χ2n) is 5.52. The predicted molar refractivity (Wildman–Crippen MR) is 87.1 cm³/mol. The smallest absolute Gasteiger partial charge is 0.107 e. The molecule has 0 saturated heterocycles. The summed E-state index contributed by atoms with van der Waals surface area (Å²) in [4.78, 5) is 0.410. The van der Waals surface area contributed by atoms with E-state index in [-0.39, 0.29) is 5.41 Å². The fourth-order valence-electron chi connectivity index (χ4n) is 1.45. The van der Waals surface area contributed by atoms with E-state index < -0.39 is 0 Å². The molecule has 0 unspecified atom stereocenters. The van der Waals surface area contributed by atoms with Crippen LogP contribution in [0.3, 0.4) is 0 Å². The Hall–Kier alpha value is -0.610. The summed E-state index contributed by atoms with van der Waals surface area (Å²) < 4.78 is 0.933. The van der Waals surface area contributed by atoms with Crippen molar-refractivity contribution < 1.29 is 0 Å². The Morgan fingerprint density at radius 2 is 2.06 bits per heavy atom. The van der Waals surface area contributed by atoms with Crippen LogP contribution in [0, 0.1) is 11.3 Å². The Bertz CT molecular complexity index is 441. The Labute approximate surface area is 123 Å². The molecule has 0 aliphatic rings. The molecule has 1 rings (SSSR count). The topological polar surface area (TPSA) is 38.0 Å². The number of nitrogens with one attached hydrogen (secondary N) is 1. The molecule has 0 spiro atoms. The molecular weight excluding hydrogens is 308 g/mol. The van der Waals surface area contributed by atoms with E-state index in [9.17, 15) is 0 Å². The van der Waals surface area contributed by atoms with Gasteiger partial charge in [0.25, 0.3) is 0 Å². The Morgan fingerprint density at radius 1 is 1.44 bits per heavy atom. The van der Waals surface area contributed by atoms with Gasteiger partial charge in [-0.05, 0) is 39.4 Å². The lowest BCUT2D eigenvalue weighted by atomic mass is 9.81. The fraction of sp³-hybridized carbons (Fsp3) is 0.500. The van der Waals surface area contributed by atoms with E-state index in [1.807, 2.05) is 18.2 Å². The fourth-order valence-corrected chi connectivity index (χ4v) is 2.38. The summed E-state index contributed by atoms with van der Waals surface area (Å²) in [6.45, 7) is 9.86. The minimum atomic E-state index is 0.218. The maximum Gasteiger partial charge on any atom is 0.107 e. The van der Waals surface area contributed by atoms with Gasteiger partial charge in [0.15, 0.2) is 0 Å². The van der Waals surface area contributed by atoms with Crippen LogP contribution in [0.25, 0.3) is 0 Å². The van der Waals surface area contributed by atoms with Crippen LogP contribution in [0.4, 0.5) is 5.69 Å². The van der Waals surface area contributed by atoms with Gasteiger partial charge >= 0.3 is 0 Å². The number of hydrogen-bond acceptors (Lipinski definition) is 2. The Kier molecular flexibility index (Phi) is 5.17. The highest BCUT2D eigenvalue weighted by atomic mass is 79.9. The highest BCUT2D eigenvalue weighted by Gasteiger charge is 2.22. The number of anilines is 1. The van der Waals surface area contributed by atoms with Crippen LogP contribution < -0.4 is 11.1 Å². The van der Waals surface area contributed by atoms with Gasteiger partial charge in [-0.2, -0.15) is 0 Å². The Balaban J connectivity index is 2.92. The lowest BCUT2D eigenvalue weighted by molar-refractivity contribution is 0.269. The summed E-state index contributed by atoms with van der Waals surface area (Å²) in [5.41, 5.74) is 7.87. The summed E-state index contributed by atoms with van der Waals surface area (Å²) >= 11 is 8.59. The average molecular weight is 329 g/mol. The monoisotopic (exact) mass is 328 g/mol. The van der Waals surface area contributed by atoms with Crippen LogP contribution in [0.1, 0.15) is 33.3 Å². The van der Waals surface area contributed by atoms with E-state index >= 15 is 0 Å². The normalized spacial score (nSPS) is 11.7. The lowest BCUT2D eigenvalue weighted by Crippen LogP contribution is -2.29. The van der Waals surface area contributed by atoms with Crippen LogP contribution in [0.5, 0.6) is 0 Å². The molecule has 0 heterocycles. The minimum Gasteiger partial charge on any atom is -0.389 e. The first-order valence-electron chi connectivity index (χ1n) is 6.08. The summed E-state index contributed by atoms with van der Waals surface area (Å²) in [7, 11) is 0. The molecule has 18 heavy (non-hydrogen) atoms. The van der Waals surface area contributed by atoms with E-state index in [1.54, 1.807) is 0 Å². The largest absolute Gasteiger partial charge is 0.389 e. The van der Waals surface area contributed by atoms with Gasteiger partial charge in [-0.3, -0.25) is 0 Å². The van der Waals surface area contributed by atoms with E-state index in [1.165, 1.54) is 0 Å². The standard InChI is InChI=1S/C14H21BrN2S/c1-9(2)14(3,4)8-17-11-7-5-6-10(15)12(11)13(16)18/h5-7,9,17H,8H2,1-4H3,(H2,16,18). The second-order valence-corrected chi connectivity index (χ2v) is 6.82. The molecule has 0 aliphatic carbocycles. The summed E-state index contributed by atoms with van der Waals surface area (Å²) in [6, 6.07) is 5.94. The summed E-state index contributed by atoms with van der Waals surface area (Å²) in [6.07, 6.45) is 0. The van der Waals surface area contributed by atoms with Gasteiger partial charge in [-0.25, -0.2) is 0 Å². The number of nitrogens with two attached hydrogens (primary N) is 1. The molecule has 4 heteroatoms. The molecule has 0 aromatic heterocycles. The molecule has 1 aromatic carbocycles. The Morgan fingerprint density at radius 3 is 2.56 bits per heavy atom. The van der Waals surface area contributed by atoms with Crippen LogP contribution in [-0.2, 0) is 0 Å². The number of thiocarbonyl (C=S) groups is 1. The number of hydrogen-bond donors (Lipinski definition) is 2. The van der Waals surface area contributed by atoms with Crippen molar-refractivity contribution in [3.8, 4) is 0 Å². The van der Waals surface area contributed by atoms with Gasteiger partial charge in [0.05, 0.1) is 0 Å². The zero-order chi connectivity index (χ0) is 13.9. The number of rotatable bonds is 5. The van der Waals surface area contributed by atoms with Gasteiger partial charge in [-0.15, -0.1) is 0 Å². The van der Waals surface area contributed by atoms with Crippen molar-refractivity contribution in [2.24, 2.45) is 17.1 Å². The lowest BCUT2D eigenvalue weighted by Gasteiger charge is -2.30. The first-order chi connectivity index (χ1) is 8.25. The molecule has 3 N–H and O–H groups in total. The van der Waals surface area contributed by atoms with Gasteiger partial charge in [0.1, 0.15) is 4.99 Å². The molecule has 1 aromatic rings. The van der Waals surface area contributed by atoms with Crippen molar-refractivity contribution in [3.63, 3.8) is 0 Å². The third-order valence-electron chi connectivity index (χ3n) is 3.56. The average Bonchev–Trinajstić information content (AvgIpc) is 2.25. The second kappa shape index (κ2) is 6.02. The van der Waals surface area contributed by atoms with Gasteiger partial charge in [0.2, 0.25) is 0 Å². The van der Waals surface area contributed by atoms with Gasteiger partial charge < -0.3 is 11.1 Å². The maximum absolute atomic E-state index is 5.78. The van der Waals surface area contributed by atoms with E-state index in [2.05, 4.69) is 48.9 Å². The first-order valence-corrected chi connectivity index (χ1v) is 7.28. The molecule has 0 fully saturated rings. The number of benzene rings is 1. The molecule has 0 saturated carbocycles. The summed E-state index contributed by atoms with van der Waals surface area (Å²) in [5.74, 6) is 0.602. The van der Waals surface area contributed by atoms with Crippen LogP contribution in [-0.4, -0.2) is 11.5 Å². The molecule has 0 amide bonds. The molecule has 0 bridgehead atoms. The van der Waals surface area contributed by atoms with Crippen molar-refractivity contribution in [1.82, 2.24) is 0 Å². The highest BCUT2D eigenvalue weighted by molar-refractivity contribution is 9.10. The minimum absolute atomic E-state index is 0.218. The maximum atomic E-state index is 5.78. The first kappa shape index (κ1) is 15.4. The van der Waals surface area contributed by atoms with Crippen molar-refractivity contribution >= 4 is 38.8 Å². The van der Waals surface area contributed by atoms with Gasteiger partial charge in [-0.1, -0.05) is 46.0 Å². The van der Waals surface area contributed by atoms with Crippen molar-refractivity contribution in [2.75, 3.05) is 11.9 Å². The molecule has 2 nitrogen and oxygen atoms in total. The van der Waals surface area contributed by atoms with Crippen LogP contribution in [0.2, 0.25) is 0 Å². The van der Waals surface area contributed by atoms with E-state index in [0.29, 0.717) is 10.9 Å². The third kappa shape index (κ3) is 3.69. The highest BCUT2D eigenvalue weighted by Crippen LogP contribution is 2.29. The molecule has 0 atom stereocenters. The quantitative estimate of drug-likeness (QED) is 0.796. The van der Waals surface area contributed by atoms with Crippen LogP contribution in [0.15, 0.2) is 22.7 Å². The van der Waals surface area contributed by atoms with E-state index in [4.69, 9.17) is 18.0 Å². The van der Waals surface area contributed by atoms with Crippen molar-refractivity contribution in [3.05, 3.63) is 28.2 Å². The van der Waals surface area contributed by atoms with Crippen molar-refractivity contribution in [2.45, 2.75) is 27.7 Å². The molecule has 0 radical (unpaired) electrons. The zero-order valence-corrected chi connectivity index (χ0v) is 13.8. The van der Waals surface area contributed by atoms with Gasteiger partial charge in [0, 0.05) is 22.3 Å². The third-order valence-corrected chi connectivity index (χ3v) is 4.42. The molecular formula is C14H21BrN2S. The number of halogens is 1. The molecule has 100 valence electrons. The summed E-state index contributed by atoms with van der Waals surface area (Å²) in [5, 5.41) is 3.46. The van der Waals surface area contributed by atoms with Crippen LogP contribution >= 0.6 is 28.1 Å². The predicted octanol–water partition coefficient (Wildman–Crippen LogP) is 4.18. The van der Waals surface area contributed by atoms with Crippen molar-refractivity contribution in [1.29, 1.82) is 0 Å². The van der Waals surface area contributed by atoms with E-state index in [0.717, 1.165) is 22.3 Å². The molecule has 0 aliphatic heterocycles. The zero-order valence-electron chi connectivity index (χ0n) is 11.4.